The van der Waals surface area contributed by atoms with Crippen molar-refractivity contribution in [3.05, 3.63) is 35.4 Å². The van der Waals surface area contributed by atoms with Crippen molar-refractivity contribution in [2.75, 3.05) is 39.5 Å². The first-order chi connectivity index (χ1) is 13.2. The van der Waals surface area contributed by atoms with E-state index in [0.29, 0.717) is 25.3 Å². The number of ether oxygens (including phenoxy) is 2. The Bertz CT molecular complexity index is 601. The number of guanidine groups is 1. The van der Waals surface area contributed by atoms with E-state index in [4.69, 9.17) is 9.47 Å². The molecule has 1 aliphatic rings. The number of rotatable bonds is 10. The van der Waals surface area contributed by atoms with Gasteiger partial charge < -0.3 is 25.4 Å². The molecule has 0 spiro atoms. The van der Waals surface area contributed by atoms with Crippen LogP contribution in [-0.4, -0.2) is 57.4 Å². The van der Waals surface area contributed by atoms with Crippen molar-refractivity contribution in [1.29, 1.82) is 0 Å². The van der Waals surface area contributed by atoms with E-state index in [1.54, 1.807) is 0 Å². The van der Waals surface area contributed by atoms with E-state index in [2.05, 4.69) is 20.9 Å². The number of hydrogen-bond acceptors (Lipinski definition) is 4. The number of nitrogens with one attached hydrogen (secondary N) is 3. The summed E-state index contributed by atoms with van der Waals surface area (Å²) >= 11 is 0. The molecule has 7 heteroatoms. The zero-order valence-corrected chi connectivity index (χ0v) is 16.4. The molecule has 3 N–H and O–H groups in total. The van der Waals surface area contributed by atoms with E-state index < -0.39 is 0 Å². The Morgan fingerprint density at radius 3 is 2.85 bits per heavy atom. The summed E-state index contributed by atoms with van der Waals surface area (Å²) in [4.78, 5) is 16.6. The standard InChI is InChI=1S/C20H32N4O3/c1-3-21-19(25)17-8-5-7-16(13-17)14-24-20(22-4-2)23-10-6-11-27-18-9-12-26-15-18/h5,7-8,13,18H,3-4,6,9-12,14-15H2,1-2H3,(H,21,25)(H2,22,23,24). The zero-order chi connectivity index (χ0) is 19.3. The van der Waals surface area contributed by atoms with Crippen LogP contribution in [0.3, 0.4) is 0 Å². The predicted molar refractivity (Wildman–Crippen MR) is 107 cm³/mol. The van der Waals surface area contributed by atoms with Crippen LogP contribution in [0.1, 0.15) is 42.6 Å². The Morgan fingerprint density at radius 2 is 2.11 bits per heavy atom. The molecule has 1 saturated heterocycles. The van der Waals surface area contributed by atoms with Crippen molar-refractivity contribution in [3.8, 4) is 0 Å². The van der Waals surface area contributed by atoms with E-state index in [1.807, 2.05) is 38.1 Å². The summed E-state index contributed by atoms with van der Waals surface area (Å²) in [6.45, 7) is 8.90. The highest BCUT2D eigenvalue weighted by Crippen LogP contribution is 2.08. The molecule has 0 bridgehead atoms. The monoisotopic (exact) mass is 376 g/mol. The number of aliphatic imine (C=N–C) groups is 1. The van der Waals surface area contributed by atoms with Crippen LogP contribution in [0.4, 0.5) is 0 Å². The van der Waals surface area contributed by atoms with Crippen LogP contribution in [0, 0.1) is 0 Å². The lowest BCUT2D eigenvalue weighted by atomic mass is 10.1. The Labute approximate surface area is 161 Å². The third-order valence-electron chi connectivity index (χ3n) is 4.15. The maximum absolute atomic E-state index is 11.9. The van der Waals surface area contributed by atoms with Gasteiger partial charge in [0.15, 0.2) is 5.96 Å². The van der Waals surface area contributed by atoms with Gasteiger partial charge in [0.2, 0.25) is 0 Å². The largest absolute Gasteiger partial charge is 0.379 e. The van der Waals surface area contributed by atoms with Crippen molar-refractivity contribution in [2.24, 2.45) is 4.99 Å². The van der Waals surface area contributed by atoms with E-state index in [1.165, 1.54) is 0 Å². The van der Waals surface area contributed by atoms with Gasteiger partial charge in [-0.1, -0.05) is 12.1 Å². The molecular formula is C20H32N4O3. The van der Waals surface area contributed by atoms with Crippen LogP contribution in [-0.2, 0) is 16.0 Å². The maximum atomic E-state index is 11.9. The second-order valence-electron chi connectivity index (χ2n) is 6.39. The number of benzene rings is 1. The van der Waals surface area contributed by atoms with Crippen molar-refractivity contribution >= 4 is 11.9 Å². The van der Waals surface area contributed by atoms with Gasteiger partial charge in [-0.2, -0.15) is 0 Å². The summed E-state index contributed by atoms with van der Waals surface area (Å²) in [7, 11) is 0. The summed E-state index contributed by atoms with van der Waals surface area (Å²) in [5, 5.41) is 9.38. The molecule has 1 aromatic rings. The lowest BCUT2D eigenvalue weighted by Gasteiger charge is -2.13. The highest BCUT2D eigenvalue weighted by Gasteiger charge is 2.15. The van der Waals surface area contributed by atoms with E-state index >= 15 is 0 Å². The van der Waals surface area contributed by atoms with Crippen molar-refractivity contribution in [2.45, 2.75) is 39.3 Å². The first kappa shape index (κ1) is 21.2. The van der Waals surface area contributed by atoms with Crippen LogP contribution in [0.15, 0.2) is 29.3 Å². The average molecular weight is 377 g/mol. The lowest BCUT2D eigenvalue weighted by Crippen LogP contribution is -2.38. The molecule has 1 amide bonds. The van der Waals surface area contributed by atoms with E-state index in [-0.39, 0.29) is 12.0 Å². The molecule has 0 saturated carbocycles. The normalized spacial score (nSPS) is 17.0. The SMILES string of the molecule is CCNC(=O)c1cccc(CN=C(NCC)NCCCOC2CCOC2)c1. The number of nitrogens with zero attached hydrogens (tertiary/aromatic N) is 1. The fourth-order valence-electron chi connectivity index (χ4n) is 2.76. The predicted octanol–water partition coefficient (Wildman–Crippen LogP) is 1.69. The van der Waals surface area contributed by atoms with Gasteiger partial charge in [0, 0.05) is 38.4 Å². The van der Waals surface area contributed by atoms with Crippen LogP contribution in [0.5, 0.6) is 0 Å². The maximum Gasteiger partial charge on any atom is 0.251 e. The Morgan fingerprint density at radius 1 is 1.26 bits per heavy atom. The van der Waals surface area contributed by atoms with Crippen LogP contribution in [0.2, 0.25) is 0 Å². The third-order valence-corrected chi connectivity index (χ3v) is 4.15. The topological polar surface area (TPSA) is 84.0 Å². The molecular weight excluding hydrogens is 344 g/mol. The van der Waals surface area contributed by atoms with E-state index in [0.717, 1.165) is 50.7 Å². The first-order valence-electron chi connectivity index (χ1n) is 9.81. The minimum absolute atomic E-state index is 0.0546. The molecule has 150 valence electrons. The smallest absolute Gasteiger partial charge is 0.251 e. The molecule has 0 radical (unpaired) electrons. The molecule has 0 aliphatic carbocycles. The average Bonchev–Trinajstić information content (AvgIpc) is 3.19. The van der Waals surface area contributed by atoms with Gasteiger partial charge in [0.1, 0.15) is 0 Å². The molecule has 0 aromatic heterocycles. The number of hydrogen-bond donors (Lipinski definition) is 3. The highest BCUT2D eigenvalue weighted by atomic mass is 16.5. The van der Waals surface area contributed by atoms with Gasteiger partial charge in [0.05, 0.1) is 19.3 Å². The number of carbonyl (C=O) groups is 1. The number of carbonyl (C=O) groups excluding carboxylic acids is 1. The lowest BCUT2D eigenvalue weighted by molar-refractivity contribution is 0.0420. The molecule has 2 rings (SSSR count). The van der Waals surface area contributed by atoms with Gasteiger partial charge >= 0.3 is 0 Å². The van der Waals surface area contributed by atoms with Gasteiger partial charge in [-0.25, -0.2) is 4.99 Å². The van der Waals surface area contributed by atoms with Crippen LogP contribution >= 0.6 is 0 Å². The van der Waals surface area contributed by atoms with Crippen molar-refractivity contribution < 1.29 is 14.3 Å². The number of amides is 1. The summed E-state index contributed by atoms with van der Waals surface area (Å²) in [6, 6.07) is 7.57. The van der Waals surface area contributed by atoms with Crippen LogP contribution < -0.4 is 16.0 Å². The molecule has 1 aromatic carbocycles. The second-order valence-corrected chi connectivity index (χ2v) is 6.39. The molecule has 1 atom stereocenters. The highest BCUT2D eigenvalue weighted by molar-refractivity contribution is 5.94. The minimum Gasteiger partial charge on any atom is -0.379 e. The van der Waals surface area contributed by atoms with Gasteiger partial charge in [-0.15, -0.1) is 0 Å². The molecule has 1 unspecified atom stereocenters. The van der Waals surface area contributed by atoms with Gasteiger partial charge in [-0.05, 0) is 44.4 Å². The Balaban J connectivity index is 1.78. The summed E-state index contributed by atoms with van der Waals surface area (Å²) in [5.74, 6) is 0.714. The van der Waals surface area contributed by atoms with Gasteiger partial charge in [-0.3, -0.25) is 4.79 Å². The molecule has 1 fully saturated rings. The van der Waals surface area contributed by atoms with Crippen LogP contribution in [0.25, 0.3) is 0 Å². The third kappa shape index (κ3) is 7.97. The quantitative estimate of drug-likeness (QED) is 0.329. The summed E-state index contributed by atoms with van der Waals surface area (Å²) in [6.07, 6.45) is 2.16. The molecule has 27 heavy (non-hydrogen) atoms. The fraction of sp³-hybridized carbons (Fsp3) is 0.600. The minimum atomic E-state index is -0.0546. The van der Waals surface area contributed by atoms with Crippen molar-refractivity contribution in [1.82, 2.24) is 16.0 Å². The van der Waals surface area contributed by atoms with Gasteiger partial charge in [0.25, 0.3) is 5.91 Å². The second kappa shape index (κ2) is 12.3. The first-order valence-corrected chi connectivity index (χ1v) is 9.81. The fourth-order valence-corrected chi connectivity index (χ4v) is 2.76. The van der Waals surface area contributed by atoms with E-state index in [9.17, 15) is 4.79 Å². The van der Waals surface area contributed by atoms with Crippen molar-refractivity contribution in [3.63, 3.8) is 0 Å². The summed E-state index contributed by atoms with van der Waals surface area (Å²) < 4.78 is 11.1. The molecule has 7 nitrogen and oxygen atoms in total. The summed E-state index contributed by atoms with van der Waals surface area (Å²) in [5.41, 5.74) is 1.66. The molecule has 1 aliphatic heterocycles. The molecule has 1 heterocycles. The Hall–Kier alpha value is -2.12. The Kier molecular flexibility index (Phi) is 9.65. The zero-order valence-electron chi connectivity index (χ0n) is 16.4.